The van der Waals surface area contributed by atoms with Gasteiger partial charge in [-0.05, 0) is 12.1 Å². The molecule has 4 heteroatoms. The largest absolute Gasteiger partial charge is 0.458 e. The lowest BCUT2D eigenvalue weighted by Crippen LogP contribution is -1.99. The van der Waals surface area contributed by atoms with Crippen molar-refractivity contribution in [2.45, 2.75) is 0 Å². The summed E-state index contributed by atoms with van der Waals surface area (Å²) in [6.07, 6.45) is 4.17. The van der Waals surface area contributed by atoms with Crippen molar-refractivity contribution in [3.63, 3.8) is 0 Å². The molecule has 1 aliphatic heterocycles. The van der Waals surface area contributed by atoms with Crippen LogP contribution in [0.3, 0.4) is 0 Å². The first-order valence-corrected chi connectivity index (χ1v) is 3.70. The molecule has 0 saturated heterocycles. The molecule has 1 N–H and O–H groups in total. The van der Waals surface area contributed by atoms with Crippen LogP contribution in [-0.2, 0) is 0 Å². The third kappa shape index (κ3) is 1.33. The average Bonchev–Trinajstić information content (AvgIpc) is 2.19. The zero-order chi connectivity index (χ0) is 9.10. The number of hydrogen-bond donors (Lipinski definition) is 1. The quantitative estimate of drug-likeness (QED) is 0.403. The minimum absolute atomic E-state index is 0.558. The van der Waals surface area contributed by atoms with E-state index in [1.807, 2.05) is 0 Å². The van der Waals surface area contributed by atoms with Crippen LogP contribution in [0, 0.1) is 0 Å². The SMILES string of the molecule is ON=Cc1cccc2c1OC=CO2. The number of hydrogen-bond acceptors (Lipinski definition) is 4. The molecular weight excluding hydrogens is 170 g/mol. The maximum Gasteiger partial charge on any atom is 0.178 e. The lowest BCUT2D eigenvalue weighted by Gasteiger charge is -2.13. The molecule has 0 unspecified atom stereocenters. The Balaban J connectivity index is 2.49. The van der Waals surface area contributed by atoms with Gasteiger partial charge in [0.05, 0.1) is 6.21 Å². The summed E-state index contributed by atoms with van der Waals surface area (Å²) in [4.78, 5) is 0. The lowest BCUT2D eigenvalue weighted by atomic mass is 10.2. The summed E-state index contributed by atoms with van der Waals surface area (Å²) in [7, 11) is 0. The number of fused-ring (bicyclic) bond motifs is 1. The van der Waals surface area contributed by atoms with Gasteiger partial charge in [-0.15, -0.1) is 0 Å². The number of oxime groups is 1. The maximum atomic E-state index is 8.38. The molecule has 0 amide bonds. The molecule has 1 aliphatic rings. The number of nitrogens with zero attached hydrogens (tertiary/aromatic N) is 1. The van der Waals surface area contributed by atoms with Crippen LogP contribution in [0.2, 0.25) is 0 Å². The van der Waals surface area contributed by atoms with Crippen LogP contribution in [0.1, 0.15) is 5.56 Å². The van der Waals surface area contributed by atoms with Crippen LogP contribution >= 0.6 is 0 Å². The molecule has 0 spiro atoms. The van der Waals surface area contributed by atoms with Gasteiger partial charge in [-0.2, -0.15) is 0 Å². The van der Waals surface area contributed by atoms with Gasteiger partial charge in [-0.3, -0.25) is 0 Å². The van der Waals surface area contributed by atoms with Crippen LogP contribution in [0.15, 0.2) is 35.9 Å². The zero-order valence-electron chi connectivity index (χ0n) is 6.68. The highest BCUT2D eigenvalue weighted by molar-refractivity contribution is 5.84. The van der Waals surface area contributed by atoms with Crippen LogP contribution in [0.25, 0.3) is 0 Å². The Kier molecular flexibility index (Phi) is 1.88. The van der Waals surface area contributed by atoms with E-state index in [-0.39, 0.29) is 0 Å². The first-order valence-electron chi connectivity index (χ1n) is 3.70. The Morgan fingerprint density at radius 2 is 2.08 bits per heavy atom. The lowest BCUT2D eigenvalue weighted by molar-refractivity contribution is 0.321. The Hall–Kier alpha value is -1.97. The van der Waals surface area contributed by atoms with Gasteiger partial charge in [-0.1, -0.05) is 11.2 Å². The Bertz CT molecular complexity index is 371. The van der Waals surface area contributed by atoms with Gasteiger partial charge in [-0.25, -0.2) is 0 Å². The van der Waals surface area contributed by atoms with Gasteiger partial charge in [0.15, 0.2) is 11.5 Å². The molecule has 4 nitrogen and oxygen atoms in total. The summed E-state index contributed by atoms with van der Waals surface area (Å²) in [5.41, 5.74) is 0.671. The normalized spacial score (nSPS) is 13.5. The van der Waals surface area contributed by atoms with E-state index in [0.29, 0.717) is 17.1 Å². The highest BCUT2D eigenvalue weighted by Crippen LogP contribution is 2.32. The third-order valence-electron chi connectivity index (χ3n) is 1.64. The van der Waals surface area contributed by atoms with Gasteiger partial charge in [0.1, 0.15) is 12.5 Å². The number of ether oxygens (including phenoxy) is 2. The molecule has 0 bridgehead atoms. The number of benzene rings is 1. The Morgan fingerprint density at radius 1 is 1.23 bits per heavy atom. The topological polar surface area (TPSA) is 51.1 Å². The van der Waals surface area contributed by atoms with Crippen molar-refractivity contribution in [3.8, 4) is 11.5 Å². The molecular formula is C9H7NO3. The van der Waals surface area contributed by atoms with E-state index in [0.717, 1.165) is 0 Å². The molecule has 0 radical (unpaired) electrons. The third-order valence-corrected chi connectivity index (χ3v) is 1.64. The van der Waals surface area contributed by atoms with Gasteiger partial charge >= 0.3 is 0 Å². The first-order chi connectivity index (χ1) is 6.42. The molecule has 66 valence electrons. The fourth-order valence-electron chi connectivity index (χ4n) is 1.11. The van der Waals surface area contributed by atoms with E-state index in [1.54, 1.807) is 18.2 Å². The van der Waals surface area contributed by atoms with Crippen molar-refractivity contribution < 1.29 is 14.7 Å². The van der Waals surface area contributed by atoms with Crippen molar-refractivity contribution >= 4 is 6.21 Å². The minimum atomic E-state index is 0.558. The van der Waals surface area contributed by atoms with E-state index in [9.17, 15) is 0 Å². The minimum Gasteiger partial charge on any atom is -0.458 e. The number of para-hydroxylation sites is 1. The average molecular weight is 177 g/mol. The van der Waals surface area contributed by atoms with Gasteiger partial charge < -0.3 is 14.7 Å². The summed E-state index contributed by atoms with van der Waals surface area (Å²) in [6.45, 7) is 0. The molecule has 1 aromatic carbocycles. The zero-order valence-corrected chi connectivity index (χ0v) is 6.68. The molecule has 0 aliphatic carbocycles. The standard InChI is InChI=1S/C9H7NO3/c11-10-6-7-2-1-3-8-9(7)13-5-4-12-8/h1-6,11H. The van der Waals surface area contributed by atoms with Crippen LogP contribution in [-0.4, -0.2) is 11.4 Å². The van der Waals surface area contributed by atoms with E-state index >= 15 is 0 Å². The van der Waals surface area contributed by atoms with E-state index < -0.39 is 0 Å². The van der Waals surface area contributed by atoms with E-state index in [2.05, 4.69) is 5.16 Å². The van der Waals surface area contributed by atoms with Crippen LogP contribution < -0.4 is 9.47 Å². The second-order valence-corrected chi connectivity index (χ2v) is 2.43. The second kappa shape index (κ2) is 3.18. The van der Waals surface area contributed by atoms with Crippen molar-refractivity contribution in [2.75, 3.05) is 0 Å². The molecule has 2 rings (SSSR count). The molecule has 0 fully saturated rings. The van der Waals surface area contributed by atoms with Gasteiger partial charge in [0, 0.05) is 5.56 Å². The summed E-state index contributed by atoms with van der Waals surface area (Å²) in [5.74, 6) is 1.17. The smallest absolute Gasteiger partial charge is 0.178 e. The summed E-state index contributed by atoms with van der Waals surface area (Å²) in [6, 6.07) is 5.33. The summed E-state index contributed by atoms with van der Waals surface area (Å²) in [5, 5.41) is 11.3. The molecule has 1 heterocycles. The molecule has 13 heavy (non-hydrogen) atoms. The number of rotatable bonds is 1. The fraction of sp³-hybridized carbons (Fsp3) is 0. The predicted molar refractivity (Wildman–Crippen MR) is 46.2 cm³/mol. The Labute approximate surface area is 74.7 Å². The van der Waals surface area contributed by atoms with Crippen LogP contribution in [0.4, 0.5) is 0 Å². The first kappa shape index (κ1) is 7.67. The second-order valence-electron chi connectivity index (χ2n) is 2.43. The fourth-order valence-corrected chi connectivity index (χ4v) is 1.11. The maximum absolute atomic E-state index is 8.38. The highest BCUT2D eigenvalue weighted by atomic mass is 16.5. The van der Waals surface area contributed by atoms with Crippen molar-refractivity contribution in [3.05, 3.63) is 36.3 Å². The van der Waals surface area contributed by atoms with Crippen molar-refractivity contribution in [1.29, 1.82) is 0 Å². The monoisotopic (exact) mass is 177 g/mol. The Morgan fingerprint density at radius 3 is 2.92 bits per heavy atom. The predicted octanol–water partition coefficient (Wildman–Crippen LogP) is 1.74. The van der Waals surface area contributed by atoms with Crippen LogP contribution in [0.5, 0.6) is 11.5 Å². The molecule has 0 aromatic heterocycles. The molecule has 0 saturated carbocycles. The molecule has 0 atom stereocenters. The highest BCUT2D eigenvalue weighted by Gasteiger charge is 2.11. The van der Waals surface area contributed by atoms with E-state index in [1.165, 1.54) is 18.7 Å². The summed E-state index contributed by atoms with van der Waals surface area (Å²) >= 11 is 0. The van der Waals surface area contributed by atoms with Gasteiger partial charge in [0.2, 0.25) is 0 Å². The van der Waals surface area contributed by atoms with Gasteiger partial charge in [0.25, 0.3) is 0 Å². The van der Waals surface area contributed by atoms with E-state index in [4.69, 9.17) is 14.7 Å². The summed E-state index contributed by atoms with van der Waals surface area (Å²) < 4.78 is 10.4. The molecule has 1 aromatic rings. The van der Waals surface area contributed by atoms with Crippen molar-refractivity contribution in [1.82, 2.24) is 0 Å². The van der Waals surface area contributed by atoms with Crippen molar-refractivity contribution in [2.24, 2.45) is 5.16 Å².